The first-order valence-corrected chi connectivity index (χ1v) is 7.65. The summed E-state index contributed by atoms with van der Waals surface area (Å²) < 4.78 is 7.06. The van der Waals surface area contributed by atoms with Crippen LogP contribution in [0.3, 0.4) is 0 Å². The zero-order valence-electron chi connectivity index (χ0n) is 11.5. The van der Waals surface area contributed by atoms with Crippen LogP contribution in [0.4, 0.5) is 5.82 Å². The normalized spacial score (nSPS) is 10.7. The molecule has 6 heteroatoms. The van der Waals surface area contributed by atoms with Crippen molar-refractivity contribution in [2.24, 2.45) is 0 Å². The van der Waals surface area contributed by atoms with Crippen LogP contribution < -0.4 is 5.32 Å². The van der Waals surface area contributed by atoms with E-state index in [1.54, 1.807) is 7.11 Å². The first kappa shape index (κ1) is 15.4. The fourth-order valence-corrected chi connectivity index (χ4v) is 2.62. The number of nitrogens with zero attached hydrogens (tertiary/aromatic N) is 2. The summed E-state index contributed by atoms with van der Waals surface area (Å²) in [6, 6.07) is 6.08. The molecular weight excluding hydrogens is 386 g/mol. The lowest BCUT2D eigenvalue weighted by molar-refractivity contribution is 0.181. The van der Waals surface area contributed by atoms with Crippen molar-refractivity contribution in [3.63, 3.8) is 0 Å². The SMILES string of the molecule is CNc1nc(-c2ccc(C)c(Br)c2)nc(COC)c1Br. The number of rotatable bonds is 4. The number of hydrogen-bond acceptors (Lipinski definition) is 4. The monoisotopic (exact) mass is 399 g/mol. The number of anilines is 1. The molecular formula is C14H15Br2N3O. The summed E-state index contributed by atoms with van der Waals surface area (Å²) in [5.74, 6) is 1.42. The van der Waals surface area contributed by atoms with E-state index in [0.29, 0.717) is 12.4 Å². The first-order chi connectivity index (χ1) is 9.56. The maximum atomic E-state index is 5.18. The number of ether oxygens (including phenoxy) is 1. The standard InChI is InChI=1S/C14H15Br2N3O/c1-8-4-5-9(6-10(8)15)13-18-11(7-20-3)12(16)14(17-2)19-13/h4-6H,7H2,1-3H3,(H,17,18,19). The summed E-state index contributed by atoms with van der Waals surface area (Å²) in [6.45, 7) is 2.48. The van der Waals surface area contributed by atoms with Crippen LogP contribution in [0.1, 0.15) is 11.3 Å². The van der Waals surface area contributed by atoms with Gasteiger partial charge in [-0.05, 0) is 34.5 Å². The molecule has 0 saturated heterocycles. The van der Waals surface area contributed by atoms with E-state index in [9.17, 15) is 0 Å². The van der Waals surface area contributed by atoms with Crippen LogP contribution in [0.2, 0.25) is 0 Å². The number of halogens is 2. The van der Waals surface area contributed by atoms with Crippen molar-refractivity contribution in [2.45, 2.75) is 13.5 Å². The summed E-state index contributed by atoms with van der Waals surface area (Å²) >= 11 is 7.04. The summed E-state index contributed by atoms with van der Waals surface area (Å²) in [5.41, 5.74) is 2.96. The van der Waals surface area contributed by atoms with Crippen LogP contribution in [0, 0.1) is 6.92 Å². The van der Waals surface area contributed by atoms with E-state index in [4.69, 9.17) is 4.74 Å². The lowest BCUT2D eigenvalue weighted by atomic mass is 10.1. The second-order valence-electron chi connectivity index (χ2n) is 4.30. The smallest absolute Gasteiger partial charge is 0.161 e. The molecule has 1 aromatic carbocycles. The number of methoxy groups -OCH3 is 1. The summed E-state index contributed by atoms with van der Waals surface area (Å²) in [7, 11) is 3.48. The molecule has 0 saturated carbocycles. The Morgan fingerprint density at radius 2 is 2.00 bits per heavy atom. The molecule has 0 radical (unpaired) electrons. The van der Waals surface area contributed by atoms with Crippen molar-refractivity contribution in [3.8, 4) is 11.4 Å². The zero-order valence-corrected chi connectivity index (χ0v) is 14.7. The third-order valence-corrected chi connectivity index (χ3v) is 4.56. The highest BCUT2D eigenvalue weighted by atomic mass is 79.9. The van der Waals surface area contributed by atoms with E-state index < -0.39 is 0 Å². The number of aromatic nitrogens is 2. The van der Waals surface area contributed by atoms with Crippen molar-refractivity contribution in [1.29, 1.82) is 0 Å². The summed E-state index contributed by atoms with van der Waals surface area (Å²) in [6.07, 6.45) is 0. The minimum atomic E-state index is 0.428. The largest absolute Gasteiger partial charge is 0.378 e. The van der Waals surface area contributed by atoms with Gasteiger partial charge in [-0.15, -0.1) is 0 Å². The molecule has 0 aliphatic carbocycles. The van der Waals surface area contributed by atoms with Gasteiger partial charge in [0.25, 0.3) is 0 Å². The maximum Gasteiger partial charge on any atom is 0.161 e. The van der Waals surface area contributed by atoms with Gasteiger partial charge in [-0.25, -0.2) is 9.97 Å². The topological polar surface area (TPSA) is 47.0 Å². The molecule has 20 heavy (non-hydrogen) atoms. The Labute approximate surface area is 135 Å². The Bertz CT molecular complexity index is 632. The molecule has 0 amide bonds. The molecule has 2 aromatic rings. The van der Waals surface area contributed by atoms with Gasteiger partial charge in [-0.3, -0.25) is 0 Å². The van der Waals surface area contributed by atoms with E-state index in [2.05, 4.69) is 47.1 Å². The third-order valence-electron chi connectivity index (χ3n) is 2.87. The quantitative estimate of drug-likeness (QED) is 0.836. The maximum absolute atomic E-state index is 5.18. The molecule has 106 valence electrons. The minimum absolute atomic E-state index is 0.428. The van der Waals surface area contributed by atoms with E-state index in [1.165, 1.54) is 5.56 Å². The Hall–Kier alpha value is -0.980. The Balaban J connectivity index is 2.55. The number of aryl methyl sites for hydroxylation is 1. The van der Waals surface area contributed by atoms with Crippen molar-refractivity contribution in [1.82, 2.24) is 9.97 Å². The Morgan fingerprint density at radius 1 is 1.25 bits per heavy atom. The lowest BCUT2D eigenvalue weighted by Crippen LogP contribution is -2.04. The van der Waals surface area contributed by atoms with Crippen LogP contribution in [0.15, 0.2) is 27.1 Å². The van der Waals surface area contributed by atoms with E-state index >= 15 is 0 Å². The molecule has 0 spiro atoms. The minimum Gasteiger partial charge on any atom is -0.378 e. The molecule has 0 aliphatic rings. The highest BCUT2D eigenvalue weighted by Gasteiger charge is 2.13. The van der Waals surface area contributed by atoms with E-state index in [-0.39, 0.29) is 0 Å². The van der Waals surface area contributed by atoms with Crippen molar-refractivity contribution in [2.75, 3.05) is 19.5 Å². The molecule has 1 heterocycles. The van der Waals surface area contributed by atoms with Crippen LogP contribution in [-0.2, 0) is 11.3 Å². The summed E-state index contributed by atoms with van der Waals surface area (Å²) in [5, 5.41) is 3.06. The fourth-order valence-electron chi connectivity index (χ4n) is 1.75. The second-order valence-corrected chi connectivity index (χ2v) is 5.95. The third kappa shape index (κ3) is 3.19. The van der Waals surface area contributed by atoms with Crippen LogP contribution in [-0.4, -0.2) is 24.1 Å². The van der Waals surface area contributed by atoms with Crippen molar-refractivity contribution < 1.29 is 4.74 Å². The Morgan fingerprint density at radius 3 is 2.60 bits per heavy atom. The number of hydrogen-bond donors (Lipinski definition) is 1. The van der Waals surface area contributed by atoms with Gasteiger partial charge < -0.3 is 10.1 Å². The predicted octanol–water partition coefficient (Wildman–Crippen LogP) is 4.17. The lowest BCUT2D eigenvalue weighted by Gasteiger charge is -2.11. The van der Waals surface area contributed by atoms with Gasteiger partial charge in [-0.2, -0.15) is 0 Å². The van der Waals surface area contributed by atoms with Crippen LogP contribution >= 0.6 is 31.9 Å². The molecule has 4 nitrogen and oxygen atoms in total. The molecule has 0 atom stereocenters. The van der Waals surface area contributed by atoms with Crippen molar-refractivity contribution in [3.05, 3.63) is 38.4 Å². The van der Waals surface area contributed by atoms with Gasteiger partial charge in [-0.1, -0.05) is 28.1 Å². The molecule has 0 aliphatic heterocycles. The van der Waals surface area contributed by atoms with Gasteiger partial charge in [0.1, 0.15) is 5.82 Å². The summed E-state index contributed by atoms with van der Waals surface area (Å²) in [4.78, 5) is 9.10. The van der Waals surface area contributed by atoms with Crippen molar-refractivity contribution >= 4 is 37.7 Å². The molecule has 0 unspecified atom stereocenters. The highest BCUT2D eigenvalue weighted by Crippen LogP contribution is 2.29. The van der Waals surface area contributed by atoms with Gasteiger partial charge in [0.2, 0.25) is 0 Å². The molecule has 1 aromatic heterocycles. The van der Waals surface area contributed by atoms with Gasteiger partial charge in [0.15, 0.2) is 5.82 Å². The predicted molar refractivity (Wildman–Crippen MR) is 87.9 cm³/mol. The molecule has 1 N–H and O–H groups in total. The second kappa shape index (κ2) is 6.65. The van der Waals surface area contributed by atoms with Gasteiger partial charge >= 0.3 is 0 Å². The van der Waals surface area contributed by atoms with Crippen LogP contribution in [0.5, 0.6) is 0 Å². The number of nitrogens with one attached hydrogen (secondary N) is 1. The molecule has 0 fully saturated rings. The van der Waals surface area contributed by atoms with Gasteiger partial charge in [0.05, 0.1) is 16.8 Å². The van der Waals surface area contributed by atoms with E-state index in [0.717, 1.165) is 26.0 Å². The molecule has 0 bridgehead atoms. The first-order valence-electron chi connectivity index (χ1n) is 6.06. The van der Waals surface area contributed by atoms with Crippen LogP contribution in [0.25, 0.3) is 11.4 Å². The number of benzene rings is 1. The average molecular weight is 401 g/mol. The average Bonchev–Trinajstić information content (AvgIpc) is 2.44. The van der Waals surface area contributed by atoms with E-state index in [1.807, 2.05) is 32.2 Å². The Kier molecular flexibility index (Phi) is 5.12. The fraction of sp³-hybridized carbons (Fsp3) is 0.286. The highest BCUT2D eigenvalue weighted by molar-refractivity contribution is 9.11. The van der Waals surface area contributed by atoms with Gasteiger partial charge in [0, 0.05) is 24.2 Å². The zero-order chi connectivity index (χ0) is 14.7. The molecule has 2 rings (SSSR count).